The summed E-state index contributed by atoms with van der Waals surface area (Å²) < 4.78 is 30.7. The van der Waals surface area contributed by atoms with E-state index in [1.807, 2.05) is 39.2 Å². The molecule has 1 aliphatic heterocycles. The van der Waals surface area contributed by atoms with Gasteiger partial charge in [0.2, 0.25) is 0 Å². The van der Waals surface area contributed by atoms with E-state index in [9.17, 15) is 2.74 Å². The van der Waals surface area contributed by atoms with Crippen LogP contribution in [-0.2, 0) is 23.9 Å². The van der Waals surface area contributed by atoms with Crippen molar-refractivity contribution < 1.29 is 7.48 Å². The van der Waals surface area contributed by atoms with Crippen LogP contribution < -0.4 is 9.64 Å². The molecule has 4 aromatic heterocycles. The molecule has 0 radical (unpaired) electrons. The van der Waals surface area contributed by atoms with Crippen molar-refractivity contribution in [2.45, 2.75) is 86.2 Å². The first kappa shape index (κ1) is 42.9. The van der Waals surface area contributed by atoms with Crippen LogP contribution in [0.15, 0.2) is 182 Å². The van der Waals surface area contributed by atoms with E-state index >= 15 is 0 Å². The van der Waals surface area contributed by atoms with E-state index in [2.05, 4.69) is 213 Å². The van der Waals surface area contributed by atoms with Gasteiger partial charge in [0.1, 0.15) is 24.0 Å². The molecule has 0 bridgehead atoms. The molecular weight excluding hydrogens is 879 g/mol. The van der Waals surface area contributed by atoms with Gasteiger partial charge in [-0.05, 0) is 103 Å². The Balaban J connectivity index is 1.06. The van der Waals surface area contributed by atoms with Crippen LogP contribution >= 0.6 is 0 Å². The Morgan fingerprint density at radius 1 is 0.528 bits per heavy atom. The van der Waals surface area contributed by atoms with E-state index in [4.69, 9.17) is 14.7 Å². The summed E-state index contributed by atoms with van der Waals surface area (Å²) in [7, 11) is 0. The molecule has 5 heterocycles. The highest BCUT2D eigenvalue weighted by atomic mass is 16.5. The lowest BCUT2D eigenvalue weighted by Gasteiger charge is -2.25. The highest BCUT2D eigenvalue weighted by molar-refractivity contribution is 6.22. The number of nitrogens with zero attached hydrogens (tertiary/aromatic N) is 5. The highest BCUT2D eigenvalue weighted by Gasteiger charge is 2.27. The third-order valence-corrected chi connectivity index (χ3v) is 14.3. The molecular formula is C66H61N5O. The summed E-state index contributed by atoms with van der Waals surface area (Å²) in [6.07, 6.45) is 4.02. The predicted octanol–water partition coefficient (Wildman–Crippen LogP) is 17.9. The van der Waals surface area contributed by atoms with Gasteiger partial charge in [-0.15, -0.1) is 0 Å². The van der Waals surface area contributed by atoms with Crippen molar-refractivity contribution in [3.8, 4) is 28.4 Å². The largest absolute Gasteiger partial charge is 0.456 e. The summed E-state index contributed by atoms with van der Waals surface area (Å²) in [6, 6.07) is 58.5. The number of hydrogen-bond acceptors (Lipinski definition) is 4. The molecule has 72 heavy (non-hydrogen) atoms. The number of benzene rings is 7. The lowest BCUT2D eigenvalue weighted by atomic mass is 9.81. The lowest BCUT2D eigenvalue weighted by molar-refractivity contribution is 0.411. The Morgan fingerprint density at radius 2 is 1.15 bits per heavy atom. The molecule has 6 nitrogen and oxygen atoms in total. The number of aromatic nitrogens is 4. The molecule has 0 spiro atoms. The Labute approximate surface area is 425 Å². The lowest BCUT2D eigenvalue weighted by Crippen LogP contribution is -2.15. The molecule has 0 saturated carbocycles. The van der Waals surface area contributed by atoms with E-state index < -0.39 is 11.8 Å². The zero-order chi connectivity index (χ0) is 51.5. The summed E-state index contributed by atoms with van der Waals surface area (Å²) in [4.78, 5) is 12.1. The molecule has 0 N–H and O–H groups in total. The van der Waals surface area contributed by atoms with Gasteiger partial charge in [-0.25, -0.2) is 4.98 Å². The normalized spacial score (nSPS) is 13.7. The third-order valence-electron chi connectivity index (χ3n) is 14.3. The summed E-state index contributed by atoms with van der Waals surface area (Å²) in [5.41, 5.74) is 10.3. The Bertz CT molecular complexity index is 4140. The maximum atomic E-state index is 9.58. The number of rotatable bonds is 6. The fraction of sp³-hybridized carbons (Fsp3) is 0.212. The van der Waals surface area contributed by atoms with Crippen molar-refractivity contribution in [3.05, 3.63) is 199 Å². The fourth-order valence-electron chi connectivity index (χ4n) is 10.9. The maximum Gasteiger partial charge on any atom is 0.147 e. The van der Waals surface area contributed by atoms with Crippen LogP contribution in [0.5, 0.6) is 11.5 Å². The number of para-hydroxylation sites is 3. The van der Waals surface area contributed by atoms with Crippen molar-refractivity contribution in [2.75, 3.05) is 4.90 Å². The van der Waals surface area contributed by atoms with Crippen molar-refractivity contribution >= 4 is 76.5 Å². The van der Waals surface area contributed by atoms with Gasteiger partial charge < -0.3 is 14.2 Å². The molecule has 0 unspecified atom stereocenters. The van der Waals surface area contributed by atoms with Gasteiger partial charge in [0, 0.05) is 48.2 Å². The van der Waals surface area contributed by atoms with Crippen LogP contribution in [0.1, 0.15) is 81.7 Å². The minimum absolute atomic E-state index is 0.0404. The molecule has 6 heteroatoms. The summed E-state index contributed by atoms with van der Waals surface area (Å²) in [5.74, 6) is 2.18. The van der Waals surface area contributed by atoms with Gasteiger partial charge in [0.15, 0.2) is 0 Å². The molecule has 0 aliphatic carbocycles. The second kappa shape index (κ2) is 16.8. The van der Waals surface area contributed by atoms with Gasteiger partial charge in [-0.1, -0.05) is 178 Å². The second-order valence-corrected chi connectivity index (χ2v) is 22.6. The Hall–Kier alpha value is -7.96. The Kier molecular flexibility index (Phi) is 10.0. The van der Waals surface area contributed by atoms with Gasteiger partial charge >= 0.3 is 0 Å². The molecule has 0 saturated heterocycles. The van der Waals surface area contributed by atoms with Crippen molar-refractivity contribution in [1.29, 1.82) is 0 Å². The number of fused-ring (bicyclic) bond motifs is 10. The first-order valence-corrected chi connectivity index (χ1v) is 25.1. The van der Waals surface area contributed by atoms with Crippen LogP contribution in [0, 0.1) is 5.41 Å². The van der Waals surface area contributed by atoms with E-state index in [-0.39, 0.29) is 10.8 Å². The van der Waals surface area contributed by atoms with Crippen molar-refractivity contribution in [2.24, 2.45) is 5.41 Å². The number of pyridine rings is 2. The smallest absolute Gasteiger partial charge is 0.147 e. The monoisotopic (exact) mass is 942 g/mol. The molecule has 356 valence electrons. The number of hydrogen-bond donors (Lipinski definition) is 0. The average Bonchev–Trinajstić information content (AvgIpc) is 3.94. The van der Waals surface area contributed by atoms with Crippen LogP contribution in [0.4, 0.5) is 11.4 Å². The van der Waals surface area contributed by atoms with Crippen LogP contribution in [0.3, 0.4) is 0 Å². The van der Waals surface area contributed by atoms with Gasteiger partial charge in [0.05, 0.1) is 45.8 Å². The van der Waals surface area contributed by atoms with Crippen molar-refractivity contribution in [3.63, 3.8) is 0 Å². The van der Waals surface area contributed by atoms with E-state index in [1.165, 1.54) is 5.56 Å². The quantitative estimate of drug-likeness (QED) is 0.167. The van der Waals surface area contributed by atoms with Gasteiger partial charge in [0.25, 0.3) is 0 Å². The van der Waals surface area contributed by atoms with E-state index in [0.717, 1.165) is 99.0 Å². The number of ether oxygens (including phenoxy) is 1. The predicted molar refractivity (Wildman–Crippen MR) is 303 cm³/mol. The molecule has 12 rings (SSSR count). The molecule has 1 aliphatic rings. The standard InChI is InChI=1S/C66H61N5O/c1-64(2,3)38-42-32-43(34-45(33-42)66(7,8)9)49-23-16-24-56-52-20-12-10-18-50(52)51-19-11-13-21-53(51)57-25-17-27-59-63(57)70(62(49)56)41-69(59)46-36-48(40-67-39-46)72-47-28-29-55-54-22-14-15-26-58(54)71(60(55)37-47)61-35-44(30-31-68-61)65(4,5)6/h10-37,39-40H,38,41H2,1-9H3/i38D2. The summed E-state index contributed by atoms with van der Waals surface area (Å²) in [6.45, 7) is 19.8. The van der Waals surface area contributed by atoms with E-state index in [1.54, 1.807) is 6.20 Å². The van der Waals surface area contributed by atoms with Crippen molar-refractivity contribution in [1.82, 2.24) is 19.1 Å². The zero-order valence-corrected chi connectivity index (χ0v) is 42.7. The highest BCUT2D eigenvalue weighted by Crippen LogP contribution is 2.46. The topological polar surface area (TPSA) is 48.1 Å². The minimum atomic E-state index is -1.61. The van der Waals surface area contributed by atoms with Crippen LogP contribution in [-0.4, -0.2) is 19.1 Å². The molecule has 0 atom stereocenters. The maximum absolute atomic E-state index is 9.58. The molecule has 0 amide bonds. The van der Waals surface area contributed by atoms with Gasteiger partial charge in [-0.3, -0.25) is 9.55 Å². The third kappa shape index (κ3) is 7.90. The molecule has 11 aromatic rings. The van der Waals surface area contributed by atoms with Crippen LogP contribution in [0.2, 0.25) is 0 Å². The van der Waals surface area contributed by atoms with Gasteiger partial charge in [-0.2, -0.15) is 0 Å². The average molecular weight is 942 g/mol. The number of anilines is 2. The second-order valence-electron chi connectivity index (χ2n) is 22.6. The minimum Gasteiger partial charge on any atom is -0.456 e. The molecule has 0 fully saturated rings. The first-order valence-electron chi connectivity index (χ1n) is 26.1. The SMILES string of the molecule is [2H]C([2H])(c1cc(-c2cccc3c4ccccc4c4ccccc4c4cccc5c4n(c23)CN5c2cncc(Oc3ccc4c5ccccc5n(-c5cc(C(C)(C)C)ccn5)c4c3)c2)cc(C(C)(C)C)c1)C(C)(C)C. The molecule has 7 aromatic carbocycles. The summed E-state index contributed by atoms with van der Waals surface area (Å²) >= 11 is 0. The summed E-state index contributed by atoms with van der Waals surface area (Å²) in [5, 5.41) is 9.10. The fourth-order valence-corrected chi connectivity index (χ4v) is 10.9. The van der Waals surface area contributed by atoms with Crippen LogP contribution in [0.25, 0.3) is 82.1 Å². The van der Waals surface area contributed by atoms with E-state index in [0.29, 0.717) is 23.7 Å². The first-order chi connectivity index (χ1) is 35.3. The zero-order valence-electron chi connectivity index (χ0n) is 44.7. The Morgan fingerprint density at radius 3 is 1.85 bits per heavy atom.